The van der Waals surface area contributed by atoms with Crippen molar-refractivity contribution >= 4 is 0 Å². The lowest BCUT2D eigenvalue weighted by atomic mass is 9.77. The molecule has 2 rings (SSSR count). The van der Waals surface area contributed by atoms with Crippen molar-refractivity contribution in [3.8, 4) is 11.8 Å². The fraction of sp³-hybridized carbons (Fsp3) is 0.462. The average Bonchev–Trinajstić information content (AvgIpc) is 2.33. The number of nitrogens with zero attached hydrogens (tertiary/aromatic N) is 1. The summed E-state index contributed by atoms with van der Waals surface area (Å²) >= 11 is 0. The van der Waals surface area contributed by atoms with Gasteiger partial charge in [0, 0.05) is 13.2 Å². The Balaban J connectivity index is 2.12. The molecule has 0 saturated carbocycles. The number of aromatic hydroxyl groups is 1. The molecule has 16 heavy (non-hydrogen) atoms. The number of nitriles is 1. The van der Waals surface area contributed by atoms with Gasteiger partial charge in [0.05, 0.1) is 11.5 Å². The third kappa shape index (κ3) is 2.34. The number of phenols is 1. The smallest absolute Gasteiger partial charge is 0.115 e. The zero-order valence-electron chi connectivity index (χ0n) is 9.15. The van der Waals surface area contributed by atoms with Gasteiger partial charge < -0.3 is 9.84 Å². The van der Waals surface area contributed by atoms with Crippen molar-refractivity contribution in [2.45, 2.75) is 19.3 Å². The Hall–Kier alpha value is -1.53. The molecule has 1 N–H and O–H groups in total. The minimum Gasteiger partial charge on any atom is -0.508 e. The van der Waals surface area contributed by atoms with E-state index in [1.54, 1.807) is 12.1 Å². The largest absolute Gasteiger partial charge is 0.508 e. The molecule has 0 radical (unpaired) electrons. The van der Waals surface area contributed by atoms with Crippen LogP contribution in [-0.2, 0) is 11.2 Å². The van der Waals surface area contributed by atoms with Crippen LogP contribution in [-0.4, -0.2) is 18.3 Å². The normalized spacial score (nSPS) is 18.9. The zero-order chi connectivity index (χ0) is 11.4. The lowest BCUT2D eigenvalue weighted by Crippen LogP contribution is -2.30. The molecule has 84 valence electrons. The summed E-state index contributed by atoms with van der Waals surface area (Å²) in [6, 6.07) is 9.53. The van der Waals surface area contributed by atoms with Gasteiger partial charge in [0.1, 0.15) is 5.75 Å². The number of benzene rings is 1. The summed E-state index contributed by atoms with van der Waals surface area (Å²) in [5, 5.41) is 18.5. The summed E-state index contributed by atoms with van der Waals surface area (Å²) in [5.41, 5.74) is 0.816. The molecule has 0 bridgehead atoms. The highest BCUT2D eigenvalue weighted by Gasteiger charge is 2.32. The highest BCUT2D eigenvalue weighted by molar-refractivity contribution is 5.27. The molecule has 3 heteroatoms. The molecular formula is C13H15NO2. The van der Waals surface area contributed by atoms with E-state index >= 15 is 0 Å². The van der Waals surface area contributed by atoms with Gasteiger partial charge in [0.25, 0.3) is 0 Å². The Morgan fingerprint density at radius 1 is 1.25 bits per heavy atom. The van der Waals surface area contributed by atoms with Crippen molar-refractivity contribution in [2.75, 3.05) is 13.2 Å². The minimum absolute atomic E-state index is 0.265. The molecule has 0 spiro atoms. The van der Waals surface area contributed by atoms with E-state index < -0.39 is 0 Å². The van der Waals surface area contributed by atoms with Crippen molar-refractivity contribution in [3.63, 3.8) is 0 Å². The first-order chi connectivity index (χ1) is 7.74. The van der Waals surface area contributed by atoms with Crippen LogP contribution in [0.1, 0.15) is 18.4 Å². The molecule has 1 aliphatic rings. The van der Waals surface area contributed by atoms with Gasteiger partial charge in [-0.3, -0.25) is 0 Å². The summed E-state index contributed by atoms with van der Waals surface area (Å²) in [5.74, 6) is 0.265. The molecule has 1 aliphatic heterocycles. The third-order valence-corrected chi connectivity index (χ3v) is 3.17. The van der Waals surface area contributed by atoms with Crippen LogP contribution in [0.25, 0.3) is 0 Å². The molecule has 1 aromatic carbocycles. The molecule has 0 atom stereocenters. The quantitative estimate of drug-likeness (QED) is 0.826. The number of rotatable bonds is 2. The Morgan fingerprint density at radius 3 is 2.44 bits per heavy atom. The van der Waals surface area contributed by atoms with Gasteiger partial charge in [-0.15, -0.1) is 0 Å². The van der Waals surface area contributed by atoms with Gasteiger partial charge in [0.2, 0.25) is 0 Å². The molecule has 0 aliphatic carbocycles. The standard InChI is InChI=1S/C13H15NO2/c14-10-13(5-7-16-8-6-13)9-11-1-3-12(15)4-2-11/h1-4,15H,5-9H2. The van der Waals surface area contributed by atoms with Crippen LogP contribution in [0.4, 0.5) is 0 Å². The van der Waals surface area contributed by atoms with Crippen LogP contribution >= 0.6 is 0 Å². The lowest BCUT2D eigenvalue weighted by Gasteiger charge is -2.30. The van der Waals surface area contributed by atoms with Crippen molar-refractivity contribution in [1.82, 2.24) is 0 Å². The Morgan fingerprint density at radius 2 is 1.88 bits per heavy atom. The highest BCUT2D eigenvalue weighted by atomic mass is 16.5. The van der Waals surface area contributed by atoms with Crippen LogP contribution in [0.2, 0.25) is 0 Å². The molecule has 1 heterocycles. The average molecular weight is 217 g/mol. The summed E-state index contributed by atoms with van der Waals surface area (Å²) in [7, 11) is 0. The van der Waals surface area contributed by atoms with Gasteiger partial charge in [-0.1, -0.05) is 12.1 Å². The third-order valence-electron chi connectivity index (χ3n) is 3.17. The predicted octanol–water partition coefficient (Wildman–Crippen LogP) is 2.26. The van der Waals surface area contributed by atoms with Gasteiger partial charge in [0.15, 0.2) is 0 Å². The first kappa shape index (κ1) is 11.0. The maximum absolute atomic E-state index is 9.30. The Kier molecular flexibility index (Phi) is 3.12. The van der Waals surface area contributed by atoms with Crippen molar-refractivity contribution in [2.24, 2.45) is 5.41 Å². The second-order valence-corrected chi connectivity index (χ2v) is 4.35. The van der Waals surface area contributed by atoms with Crippen LogP contribution in [0.3, 0.4) is 0 Å². The molecule has 3 nitrogen and oxygen atoms in total. The van der Waals surface area contributed by atoms with Gasteiger partial charge in [-0.2, -0.15) is 5.26 Å². The fourth-order valence-corrected chi connectivity index (χ4v) is 2.09. The van der Waals surface area contributed by atoms with E-state index in [0.29, 0.717) is 13.2 Å². The topological polar surface area (TPSA) is 53.2 Å². The minimum atomic E-state index is -0.283. The number of hydrogen-bond donors (Lipinski definition) is 1. The van der Waals surface area contributed by atoms with Gasteiger partial charge in [-0.05, 0) is 37.0 Å². The van der Waals surface area contributed by atoms with Crippen LogP contribution in [0, 0.1) is 16.7 Å². The Bertz CT molecular complexity index is 385. The van der Waals surface area contributed by atoms with Crippen LogP contribution in [0.5, 0.6) is 5.75 Å². The molecule has 0 unspecified atom stereocenters. The summed E-state index contributed by atoms with van der Waals surface area (Å²) in [4.78, 5) is 0. The summed E-state index contributed by atoms with van der Waals surface area (Å²) < 4.78 is 5.29. The van der Waals surface area contributed by atoms with E-state index in [4.69, 9.17) is 4.74 Å². The number of ether oxygens (including phenoxy) is 1. The molecule has 1 fully saturated rings. The molecule has 1 saturated heterocycles. The van der Waals surface area contributed by atoms with E-state index in [2.05, 4.69) is 6.07 Å². The van der Waals surface area contributed by atoms with Crippen molar-refractivity contribution in [1.29, 1.82) is 5.26 Å². The molecule has 0 aromatic heterocycles. The summed E-state index contributed by atoms with van der Waals surface area (Å²) in [6.07, 6.45) is 2.34. The Labute approximate surface area is 95.3 Å². The van der Waals surface area contributed by atoms with E-state index in [0.717, 1.165) is 24.8 Å². The van der Waals surface area contributed by atoms with Gasteiger partial charge >= 0.3 is 0 Å². The van der Waals surface area contributed by atoms with Gasteiger partial charge in [-0.25, -0.2) is 0 Å². The fourth-order valence-electron chi connectivity index (χ4n) is 2.09. The van der Waals surface area contributed by atoms with Crippen molar-refractivity contribution in [3.05, 3.63) is 29.8 Å². The van der Waals surface area contributed by atoms with E-state index in [-0.39, 0.29) is 11.2 Å². The molecule has 0 amide bonds. The lowest BCUT2D eigenvalue weighted by molar-refractivity contribution is 0.0406. The maximum atomic E-state index is 9.30. The second kappa shape index (κ2) is 4.54. The number of phenolic OH excluding ortho intramolecular Hbond substituents is 1. The highest BCUT2D eigenvalue weighted by Crippen LogP contribution is 2.33. The predicted molar refractivity (Wildman–Crippen MR) is 59.9 cm³/mol. The summed E-state index contributed by atoms with van der Waals surface area (Å²) in [6.45, 7) is 1.34. The van der Waals surface area contributed by atoms with Crippen molar-refractivity contribution < 1.29 is 9.84 Å². The van der Waals surface area contributed by atoms with E-state index in [1.807, 2.05) is 12.1 Å². The maximum Gasteiger partial charge on any atom is 0.115 e. The van der Waals surface area contributed by atoms with E-state index in [1.165, 1.54) is 0 Å². The monoisotopic (exact) mass is 217 g/mol. The molecular weight excluding hydrogens is 202 g/mol. The SMILES string of the molecule is N#CC1(Cc2ccc(O)cc2)CCOCC1. The zero-order valence-corrected chi connectivity index (χ0v) is 9.15. The first-order valence-electron chi connectivity index (χ1n) is 5.51. The molecule has 1 aromatic rings. The van der Waals surface area contributed by atoms with Crippen LogP contribution < -0.4 is 0 Å². The first-order valence-corrected chi connectivity index (χ1v) is 5.51. The second-order valence-electron chi connectivity index (χ2n) is 4.35. The number of hydrogen-bond acceptors (Lipinski definition) is 3. The van der Waals surface area contributed by atoms with E-state index in [9.17, 15) is 10.4 Å². The van der Waals surface area contributed by atoms with Crippen LogP contribution in [0.15, 0.2) is 24.3 Å².